The molecule has 2 aromatic rings. The van der Waals surface area contributed by atoms with Crippen LogP contribution >= 0.6 is 15.9 Å². The van der Waals surface area contributed by atoms with Gasteiger partial charge in [-0.05, 0) is 34.5 Å². The molecular weight excluding hydrogens is 362 g/mol. The van der Waals surface area contributed by atoms with Crippen LogP contribution in [0, 0.1) is 0 Å². The number of benzene rings is 1. The third kappa shape index (κ3) is 4.67. The number of ether oxygens (including phenoxy) is 3. The molecule has 0 bridgehead atoms. The van der Waals surface area contributed by atoms with Crippen LogP contribution < -0.4 is 0 Å². The van der Waals surface area contributed by atoms with E-state index in [1.54, 1.807) is 20.1 Å². The molecule has 6 heteroatoms. The molecule has 1 heterocycles. The van der Waals surface area contributed by atoms with Crippen LogP contribution in [0.3, 0.4) is 0 Å². The van der Waals surface area contributed by atoms with Crippen molar-refractivity contribution in [2.24, 2.45) is 0 Å². The quantitative estimate of drug-likeness (QED) is 0.653. The van der Waals surface area contributed by atoms with Crippen molar-refractivity contribution < 1.29 is 19.0 Å². The van der Waals surface area contributed by atoms with Crippen molar-refractivity contribution in [1.82, 2.24) is 4.57 Å². The van der Waals surface area contributed by atoms with Crippen LogP contribution in [0.2, 0.25) is 0 Å². The van der Waals surface area contributed by atoms with E-state index < -0.39 is 0 Å². The first-order chi connectivity index (χ1) is 11.2. The number of hydrogen-bond donors (Lipinski definition) is 0. The first-order valence-corrected chi connectivity index (χ1v) is 8.12. The van der Waals surface area contributed by atoms with Gasteiger partial charge in [0.15, 0.2) is 0 Å². The maximum Gasteiger partial charge on any atom is 0.340 e. The monoisotopic (exact) mass is 381 g/mol. The zero-order chi connectivity index (χ0) is 16.7. The normalized spacial score (nSPS) is 10.7. The lowest BCUT2D eigenvalue weighted by Gasteiger charge is -2.12. The van der Waals surface area contributed by atoms with Crippen molar-refractivity contribution in [3.63, 3.8) is 0 Å². The molecule has 124 valence electrons. The zero-order valence-electron chi connectivity index (χ0n) is 13.3. The van der Waals surface area contributed by atoms with Gasteiger partial charge in [-0.15, -0.1) is 0 Å². The SMILES string of the molecule is CCOC(=O)c1cc(Br)n(COCc2ccccc2)c1COC. The lowest BCUT2D eigenvalue weighted by atomic mass is 10.2. The first kappa shape index (κ1) is 17.7. The van der Waals surface area contributed by atoms with Gasteiger partial charge in [0.25, 0.3) is 0 Å². The highest BCUT2D eigenvalue weighted by Crippen LogP contribution is 2.23. The van der Waals surface area contributed by atoms with E-state index in [0.717, 1.165) is 15.9 Å². The summed E-state index contributed by atoms with van der Waals surface area (Å²) < 4.78 is 18.7. The van der Waals surface area contributed by atoms with E-state index in [2.05, 4.69) is 15.9 Å². The van der Waals surface area contributed by atoms with E-state index in [9.17, 15) is 4.79 Å². The Labute approximate surface area is 144 Å². The van der Waals surface area contributed by atoms with Gasteiger partial charge in [-0.1, -0.05) is 30.3 Å². The molecular formula is C17H20BrNO4. The fourth-order valence-electron chi connectivity index (χ4n) is 2.20. The average molecular weight is 382 g/mol. The summed E-state index contributed by atoms with van der Waals surface area (Å²) in [5.41, 5.74) is 2.31. The van der Waals surface area contributed by atoms with Crippen molar-refractivity contribution in [1.29, 1.82) is 0 Å². The Morgan fingerprint density at radius 1 is 1.22 bits per heavy atom. The van der Waals surface area contributed by atoms with E-state index in [-0.39, 0.29) is 5.97 Å². The highest BCUT2D eigenvalue weighted by Gasteiger charge is 2.20. The number of rotatable bonds is 8. The van der Waals surface area contributed by atoms with Gasteiger partial charge in [0.05, 0.1) is 35.7 Å². The van der Waals surface area contributed by atoms with Crippen LogP contribution in [0.4, 0.5) is 0 Å². The Bertz CT molecular complexity index is 640. The number of esters is 1. The number of carbonyl (C=O) groups is 1. The summed E-state index contributed by atoms with van der Waals surface area (Å²) in [6.07, 6.45) is 0. The van der Waals surface area contributed by atoms with Crippen LogP contribution in [0.25, 0.3) is 0 Å². The summed E-state index contributed by atoms with van der Waals surface area (Å²) in [6.45, 7) is 3.22. The van der Waals surface area contributed by atoms with Crippen molar-refractivity contribution in [3.8, 4) is 0 Å². The van der Waals surface area contributed by atoms with E-state index in [4.69, 9.17) is 14.2 Å². The number of nitrogens with zero attached hydrogens (tertiary/aromatic N) is 1. The van der Waals surface area contributed by atoms with E-state index >= 15 is 0 Å². The first-order valence-electron chi connectivity index (χ1n) is 7.33. The molecule has 0 spiro atoms. The van der Waals surface area contributed by atoms with Crippen LogP contribution in [-0.2, 0) is 34.2 Å². The Hall–Kier alpha value is -1.63. The molecule has 0 unspecified atom stereocenters. The van der Waals surface area contributed by atoms with Crippen LogP contribution in [0.1, 0.15) is 28.5 Å². The highest BCUT2D eigenvalue weighted by molar-refractivity contribution is 9.10. The predicted octanol–water partition coefficient (Wildman–Crippen LogP) is 3.75. The minimum atomic E-state index is -0.359. The summed E-state index contributed by atoms with van der Waals surface area (Å²) in [6, 6.07) is 11.7. The summed E-state index contributed by atoms with van der Waals surface area (Å²) >= 11 is 3.46. The Balaban J connectivity index is 2.12. The van der Waals surface area contributed by atoms with E-state index in [1.165, 1.54) is 0 Å². The number of carbonyl (C=O) groups excluding carboxylic acids is 1. The fraction of sp³-hybridized carbons (Fsp3) is 0.353. The molecule has 1 aromatic carbocycles. The Morgan fingerprint density at radius 2 is 1.96 bits per heavy atom. The molecule has 0 aliphatic heterocycles. The van der Waals surface area contributed by atoms with Gasteiger partial charge < -0.3 is 18.8 Å². The second-order valence-electron chi connectivity index (χ2n) is 4.87. The molecule has 0 aliphatic carbocycles. The van der Waals surface area contributed by atoms with Gasteiger partial charge in [0.2, 0.25) is 0 Å². The molecule has 0 saturated heterocycles. The molecule has 5 nitrogen and oxygen atoms in total. The van der Waals surface area contributed by atoms with Gasteiger partial charge in [0, 0.05) is 7.11 Å². The number of hydrogen-bond acceptors (Lipinski definition) is 4. The minimum Gasteiger partial charge on any atom is -0.462 e. The molecule has 0 saturated carbocycles. The van der Waals surface area contributed by atoms with Crippen LogP contribution in [-0.4, -0.2) is 24.3 Å². The lowest BCUT2D eigenvalue weighted by molar-refractivity contribution is 0.0500. The molecule has 0 amide bonds. The predicted molar refractivity (Wildman–Crippen MR) is 90.0 cm³/mol. The van der Waals surface area contributed by atoms with E-state index in [0.29, 0.717) is 32.1 Å². The Kier molecular flexibility index (Phi) is 6.83. The van der Waals surface area contributed by atoms with Crippen molar-refractivity contribution in [2.75, 3.05) is 13.7 Å². The average Bonchev–Trinajstić information content (AvgIpc) is 2.86. The van der Waals surface area contributed by atoms with Crippen molar-refractivity contribution in [2.45, 2.75) is 26.9 Å². The van der Waals surface area contributed by atoms with E-state index in [1.807, 2.05) is 34.9 Å². The smallest absolute Gasteiger partial charge is 0.340 e. The van der Waals surface area contributed by atoms with Gasteiger partial charge in [0.1, 0.15) is 6.73 Å². The van der Waals surface area contributed by atoms with Crippen LogP contribution in [0.15, 0.2) is 41.0 Å². The maximum absolute atomic E-state index is 12.0. The van der Waals surface area contributed by atoms with Crippen LogP contribution in [0.5, 0.6) is 0 Å². The number of aromatic nitrogens is 1. The third-order valence-electron chi connectivity index (χ3n) is 3.27. The van der Waals surface area contributed by atoms with Gasteiger partial charge in [-0.25, -0.2) is 4.79 Å². The topological polar surface area (TPSA) is 49.7 Å². The molecule has 0 atom stereocenters. The number of methoxy groups -OCH3 is 1. The van der Waals surface area contributed by atoms with Gasteiger partial charge in [-0.2, -0.15) is 0 Å². The molecule has 0 fully saturated rings. The van der Waals surface area contributed by atoms with Gasteiger partial charge >= 0.3 is 5.97 Å². The maximum atomic E-state index is 12.0. The molecule has 0 aliphatic rings. The summed E-state index contributed by atoms with van der Waals surface area (Å²) in [5, 5.41) is 0. The fourth-order valence-corrected chi connectivity index (χ4v) is 2.75. The standard InChI is InChI=1S/C17H20BrNO4/c1-3-23-17(20)14-9-16(18)19(15(14)11-21-2)12-22-10-13-7-5-4-6-8-13/h4-9H,3,10-12H2,1-2H3. The summed E-state index contributed by atoms with van der Waals surface area (Å²) in [5.74, 6) is -0.359. The largest absolute Gasteiger partial charge is 0.462 e. The summed E-state index contributed by atoms with van der Waals surface area (Å²) in [7, 11) is 1.59. The highest BCUT2D eigenvalue weighted by atomic mass is 79.9. The summed E-state index contributed by atoms with van der Waals surface area (Å²) in [4.78, 5) is 12.0. The second-order valence-corrected chi connectivity index (χ2v) is 5.68. The zero-order valence-corrected chi connectivity index (χ0v) is 14.8. The number of halogens is 1. The molecule has 2 rings (SSSR count). The minimum absolute atomic E-state index is 0.300. The van der Waals surface area contributed by atoms with Crippen molar-refractivity contribution >= 4 is 21.9 Å². The lowest BCUT2D eigenvalue weighted by Crippen LogP contribution is -2.12. The molecule has 23 heavy (non-hydrogen) atoms. The second kappa shape index (κ2) is 8.86. The third-order valence-corrected chi connectivity index (χ3v) is 3.92. The molecule has 0 N–H and O–H groups in total. The van der Waals surface area contributed by atoms with Gasteiger partial charge in [-0.3, -0.25) is 0 Å². The van der Waals surface area contributed by atoms with Crippen molar-refractivity contribution in [3.05, 3.63) is 57.8 Å². The Morgan fingerprint density at radius 3 is 2.61 bits per heavy atom. The molecule has 1 aromatic heterocycles. The molecule has 0 radical (unpaired) electrons.